The molecule has 0 fully saturated rings. The van der Waals surface area contributed by atoms with E-state index >= 15 is 0 Å². The van der Waals surface area contributed by atoms with Gasteiger partial charge < -0.3 is 0 Å². The van der Waals surface area contributed by atoms with E-state index in [1.54, 1.807) is 3.11 Å². The van der Waals surface area contributed by atoms with Crippen molar-refractivity contribution in [2.24, 2.45) is 0 Å². The average molecular weight is 283 g/mol. The Bertz CT molecular complexity index is 183. The van der Waals surface area contributed by atoms with E-state index in [-0.39, 0.29) is 11.6 Å². The van der Waals surface area contributed by atoms with Gasteiger partial charge in [-0.2, -0.15) is 0 Å². The number of amides is 1. The van der Waals surface area contributed by atoms with Gasteiger partial charge in [0.25, 0.3) is 0 Å². The monoisotopic (exact) mass is 283 g/mol. The lowest BCUT2D eigenvalue weighted by Crippen LogP contribution is -2.29. The Morgan fingerprint density at radius 2 is 2.36 bits per heavy atom. The van der Waals surface area contributed by atoms with Crippen LogP contribution in [0.3, 0.4) is 0 Å². The third-order valence-electron chi connectivity index (χ3n) is 1.63. The van der Waals surface area contributed by atoms with E-state index in [0.717, 1.165) is 19.4 Å². The van der Waals surface area contributed by atoms with Crippen LogP contribution in [-0.4, -0.2) is 21.2 Å². The number of nitrogens with zero attached hydrogens (tertiary/aromatic N) is 1. The molecule has 0 aromatic heterocycles. The van der Waals surface area contributed by atoms with Crippen molar-refractivity contribution in [2.45, 2.75) is 18.5 Å². The minimum atomic E-state index is 0.108. The second-order valence-electron chi connectivity index (χ2n) is 2.54. The van der Waals surface area contributed by atoms with Crippen LogP contribution in [0, 0.1) is 0 Å². The number of hydrogen-bond donors (Lipinski definition) is 0. The summed E-state index contributed by atoms with van der Waals surface area (Å²) in [5.41, 5.74) is 0.108. The van der Waals surface area contributed by atoms with Crippen molar-refractivity contribution < 1.29 is 4.79 Å². The van der Waals surface area contributed by atoms with Crippen molar-refractivity contribution in [2.75, 3.05) is 6.54 Å². The van der Waals surface area contributed by atoms with Gasteiger partial charge in [-0.3, -0.25) is 7.91 Å². The Balaban J connectivity index is 2.62. The van der Waals surface area contributed by atoms with Crippen molar-refractivity contribution in [3.05, 3.63) is 12.2 Å². The zero-order valence-electron chi connectivity index (χ0n) is 6.16. The van der Waals surface area contributed by atoms with Gasteiger partial charge in [0.15, 0.2) is 0 Å². The van der Waals surface area contributed by atoms with E-state index in [9.17, 15) is 4.79 Å². The van der Waals surface area contributed by atoms with Gasteiger partial charge >= 0.3 is 0 Å². The van der Waals surface area contributed by atoms with Gasteiger partial charge in [0.1, 0.15) is 0 Å². The quantitative estimate of drug-likeness (QED) is 0.287. The molecule has 2 atom stereocenters. The molecule has 0 saturated carbocycles. The standard InChI is InChI=1S/C7H11INOP/c8-9-5-3-1-2-4-6(11)7(9)10/h1,3,6H,2,4-5,11H2/b3-1-. The lowest BCUT2D eigenvalue weighted by Gasteiger charge is -2.18. The summed E-state index contributed by atoms with van der Waals surface area (Å²) in [4.78, 5) is 11.4. The Morgan fingerprint density at radius 3 is 3.09 bits per heavy atom. The van der Waals surface area contributed by atoms with Crippen molar-refractivity contribution in [1.29, 1.82) is 0 Å². The van der Waals surface area contributed by atoms with Crippen LogP contribution in [0.1, 0.15) is 12.8 Å². The number of halogens is 1. The van der Waals surface area contributed by atoms with Gasteiger partial charge in [-0.05, 0) is 12.8 Å². The molecule has 0 N–H and O–H groups in total. The maximum absolute atomic E-state index is 11.4. The summed E-state index contributed by atoms with van der Waals surface area (Å²) in [6.07, 6.45) is 6.14. The highest BCUT2D eigenvalue weighted by Gasteiger charge is 2.18. The molecule has 62 valence electrons. The zero-order chi connectivity index (χ0) is 8.27. The normalized spacial score (nSPS) is 29.5. The van der Waals surface area contributed by atoms with Crippen LogP contribution in [0.15, 0.2) is 12.2 Å². The number of rotatable bonds is 0. The van der Waals surface area contributed by atoms with E-state index in [2.05, 4.69) is 38.2 Å². The number of carbonyl (C=O) groups excluding carboxylic acids is 1. The summed E-state index contributed by atoms with van der Waals surface area (Å²) in [5, 5.41) is 0. The highest BCUT2D eigenvalue weighted by Crippen LogP contribution is 2.17. The molecular weight excluding hydrogens is 272 g/mol. The molecule has 2 unspecified atom stereocenters. The van der Waals surface area contributed by atoms with Crippen LogP contribution >= 0.6 is 32.1 Å². The first-order valence-corrected chi connectivity index (χ1v) is 5.22. The third kappa shape index (κ3) is 2.71. The molecule has 2 nitrogen and oxygen atoms in total. The number of carbonyl (C=O) groups is 1. The van der Waals surface area contributed by atoms with Gasteiger partial charge in [0.05, 0.1) is 28.5 Å². The number of hydrogen-bond acceptors (Lipinski definition) is 1. The van der Waals surface area contributed by atoms with E-state index in [1.165, 1.54) is 0 Å². The summed E-state index contributed by atoms with van der Waals surface area (Å²) in [6, 6.07) is 0. The molecule has 0 aromatic carbocycles. The molecule has 11 heavy (non-hydrogen) atoms. The van der Waals surface area contributed by atoms with E-state index in [1.807, 2.05) is 6.08 Å². The van der Waals surface area contributed by atoms with E-state index < -0.39 is 0 Å². The predicted molar refractivity (Wildman–Crippen MR) is 57.6 cm³/mol. The molecule has 0 aromatic rings. The van der Waals surface area contributed by atoms with Crippen LogP contribution in [0.5, 0.6) is 0 Å². The molecule has 1 amide bonds. The van der Waals surface area contributed by atoms with Crippen LogP contribution in [-0.2, 0) is 4.79 Å². The van der Waals surface area contributed by atoms with E-state index in [4.69, 9.17) is 0 Å². The second kappa shape index (κ2) is 4.41. The highest BCUT2D eigenvalue weighted by molar-refractivity contribution is 14.1. The van der Waals surface area contributed by atoms with Gasteiger partial charge in [-0.15, -0.1) is 9.24 Å². The number of allylic oxidation sites excluding steroid dienone is 1. The Kier molecular flexibility index (Phi) is 3.79. The molecule has 0 spiro atoms. The van der Waals surface area contributed by atoms with Crippen LogP contribution in [0.25, 0.3) is 0 Å². The lowest BCUT2D eigenvalue weighted by atomic mass is 10.2. The first-order valence-electron chi connectivity index (χ1n) is 3.59. The Morgan fingerprint density at radius 1 is 1.64 bits per heavy atom. The summed E-state index contributed by atoms with van der Waals surface area (Å²) in [6.45, 7) is 0.740. The summed E-state index contributed by atoms with van der Waals surface area (Å²) < 4.78 is 1.73. The summed E-state index contributed by atoms with van der Waals surface area (Å²) in [7, 11) is 2.60. The molecule has 1 rings (SSSR count). The fraction of sp³-hybridized carbons (Fsp3) is 0.571. The molecule has 0 saturated heterocycles. The first kappa shape index (κ1) is 9.46. The molecule has 4 heteroatoms. The molecule has 0 aliphatic carbocycles. The highest BCUT2D eigenvalue weighted by atomic mass is 127. The Hall–Kier alpha value is 0.370. The minimum Gasteiger partial charge on any atom is -0.281 e. The molecule has 0 radical (unpaired) electrons. The first-order chi connectivity index (χ1) is 5.22. The van der Waals surface area contributed by atoms with Crippen molar-refractivity contribution in [1.82, 2.24) is 3.11 Å². The van der Waals surface area contributed by atoms with Crippen LogP contribution in [0.2, 0.25) is 0 Å². The second-order valence-corrected chi connectivity index (χ2v) is 4.51. The van der Waals surface area contributed by atoms with Crippen LogP contribution < -0.4 is 0 Å². The molecular formula is C7H11INOP. The smallest absolute Gasteiger partial charge is 0.238 e. The maximum Gasteiger partial charge on any atom is 0.238 e. The lowest BCUT2D eigenvalue weighted by molar-refractivity contribution is -0.124. The molecule has 1 aliphatic heterocycles. The summed E-state index contributed by atoms with van der Waals surface area (Å²) >= 11 is 2.06. The van der Waals surface area contributed by atoms with Gasteiger partial charge in [0.2, 0.25) is 5.91 Å². The minimum absolute atomic E-state index is 0.108. The van der Waals surface area contributed by atoms with Gasteiger partial charge in [-0.1, -0.05) is 12.2 Å². The van der Waals surface area contributed by atoms with Crippen molar-refractivity contribution in [3.63, 3.8) is 0 Å². The van der Waals surface area contributed by atoms with Crippen molar-refractivity contribution >= 4 is 38.0 Å². The largest absolute Gasteiger partial charge is 0.281 e. The average Bonchev–Trinajstić information content (AvgIpc) is 2.00. The summed E-state index contributed by atoms with van der Waals surface area (Å²) in [5.74, 6) is 0.222. The van der Waals surface area contributed by atoms with E-state index in [0.29, 0.717) is 0 Å². The fourth-order valence-electron chi connectivity index (χ4n) is 0.954. The molecule has 0 bridgehead atoms. The molecule has 1 aliphatic rings. The van der Waals surface area contributed by atoms with Crippen molar-refractivity contribution in [3.8, 4) is 0 Å². The Labute approximate surface area is 83.1 Å². The topological polar surface area (TPSA) is 20.3 Å². The SMILES string of the molecule is O=C1C(P)CC/C=C\CN1I. The van der Waals surface area contributed by atoms with Gasteiger partial charge in [0, 0.05) is 6.54 Å². The van der Waals surface area contributed by atoms with Gasteiger partial charge in [-0.25, -0.2) is 0 Å². The fourth-order valence-corrected chi connectivity index (χ4v) is 2.22. The molecule has 1 heterocycles. The predicted octanol–water partition coefficient (Wildman–Crippen LogP) is 1.76. The third-order valence-corrected chi connectivity index (χ3v) is 3.12. The van der Waals surface area contributed by atoms with Crippen LogP contribution in [0.4, 0.5) is 0 Å². The maximum atomic E-state index is 11.4. The zero-order valence-corrected chi connectivity index (χ0v) is 9.48.